The van der Waals surface area contributed by atoms with Crippen LogP contribution in [-0.2, 0) is 5.41 Å². The molecule has 1 aliphatic heterocycles. The second kappa shape index (κ2) is 12.3. The van der Waals surface area contributed by atoms with Crippen LogP contribution in [0.3, 0.4) is 0 Å². The van der Waals surface area contributed by atoms with Gasteiger partial charge >= 0.3 is 0 Å². The number of hydrogen-bond acceptors (Lipinski definition) is 4. The van der Waals surface area contributed by atoms with Crippen molar-refractivity contribution >= 4 is 48.6 Å². The van der Waals surface area contributed by atoms with E-state index in [1.807, 2.05) is 17.4 Å². The summed E-state index contributed by atoms with van der Waals surface area (Å²) < 4.78 is 16.5. The van der Waals surface area contributed by atoms with Crippen LogP contribution in [0.5, 0.6) is 23.0 Å². The van der Waals surface area contributed by atoms with Crippen molar-refractivity contribution in [1.29, 1.82) is 0 Å². The summed E-state index contributed by atoms with van der Waals surface area (Å²) in [4.78, 5) is 2.33. The van der Waals surface area contributed by atoms with E-state index in [2.05, 4.69) is 199 Å². The Labute approximate surface area is 345 Å². The van der Waals surface area contributed by atoms with Gasteiger partial charge in [0.05, 0.1) is 16.8 Å². The fraction of sp³-hybridized carbons (Fsp3) is 0.0182. The lowest BCUT2D eigenvalue weighted by Gasteiger charge is -2.31. The van der Waals surface area contributed by atoms with Crippen molar-refractivity contribution in [2.24, 2.45) is 0 Å². The molecule has 9 aromatic carbocycles. The summed E-state index contributed by atoms with van der Waals surface area (Å²) in [7, 11) is 0. The number of benzene rings is 9. The van der Waals surface area contributed by atoms with Crippen LogP contribution >= 0.6 is 11.3 Å². The first-order valence-electron chi connectivity index (χ1n) is 20.1. The minimum absolute atomic E-state index is 0.466. The average Bonchev–Trinajstić information content (AvgIpc) is 3.93. The highest BCUT2D eigenvalue weighted by molar-refractivity contribution is 7.25. The van der Waals surface area contributed by atoms with E-state index in [4.69, 9.17) is 9.47 Å². The minimum Gasteiger partial charge on any atom is -0.449 e. The summed E-state index contributed by atoms with van der Waals surface area (Å²) in [5, 5.41) is 2.57. The summed E-state index contributed by atoms with van der Waals surface area (Å²) in [6.45, 7) is 0. The van der Waals surface area contributed by atoms with E-state index in [1.54, 1.807) is 0 Å². The van der Waals surface area contributed by atoms with Gasteiger partial charge in [-0.3, -0.25) is 0 Å². The Morgan fingerprint density at radius 3 is 1.81 bits per heavy atom. The van der Waals surface area contributed by atoms with Crippen LogP contribution in [-0.4, -0.2) is 0 Å². The number of hydrogen-bond donors (Lipinski definition) is 0. The summed E-state index contributed by atoms with van der Waals surface area (Å²) >= 11 is 1.84. The molecule has 0 bridgehead atoms. The van der Waals surface area contributed by atoms with E-state index in [0.29, 0.717) is 11.5 Å². The maximum atomic E-state index is 7.16. The molecule has 3 aliphatic rings. The van der Waals surface area contributed by atoms with Gasteiger partial charge in [0, 0.05) is 43.1 Å². The lowest BCUT2D eigenvalue weighted by atomic mass is 9.70. The zero-order chi connectivity index (χ0) is 38.7. The lowest BCUT2D eigenvalue weighted by Crippen LogP contribution is -2.25. The second-order valence-corrected chi connectivity index (χ2v) is 16.6. The average molecular weight is 772 g/mol. The van der Waals surface area contributed by atoms with Gasteiger partial charge in [-0.15, -0.1) is 11.3 Å². The molecule has 59 heavy (non-hydrogen) atoms. The lowest BCUT2D eigenvalue weighted by molar-refractivity contribution is 0.360. The van der Waals surface area contributed by atoms with Crippen molar-refractivity contribution < 1.29 is 9.47 Å². The topological polar surface area (TPSA) is 21.7 Å². The zero-order valence-electron chi connectivity index (χ0n) is 31.7. The maximum Gasteiger partial charge on any atom is 0.178 e. The van der Waals surface area contributed by atoms with Crippen LogP contribution in [0.15, 0.2) is 200 Å². The van der Waals surface area contributed by atoms with Gasteiger partial charge in [-0.05, 0) is 99.1 Å². The number of fused-ring (bicyclic) bond motifs is 16. The first-order chi connectivity index (χ1) is 29.3. The van der Waals surface area contributed by atoms with Gasteiger partial charge < -0.3 is 14.4 Å². The van der Waals surface area contributed by atoms with Gasteiger partial charge in [0.15, 0.2) is 23.0 Å². The van der Waals surface area contributed by atoms with E-state index >= 15 is 0 Å². The molecule has 0 saturated heterocycles. The monoisotopic (exact) mass is 771 g/mol. The summed E-state index contributed by atoms with van der Waals surface area (Å²) in [6.07, 6.45) is 0. The molecule has 3 nitrogen and oxygen atoms in total. The highest BCUT2D eigenvalue weighted by Gasteiger charge is 2.53. The normalized spacial score (nSPS) is 13.5. The van der Waals surface area contributed by atoms with Gasteiger partial charge in [-0.2, -0.15) is 0 Å². The number of anilines is 3. The fourth-order valence-electron chi connectivity index (χ4n) is 10.2. The molecule has 2 heterocycles. The third-order valence-corrected chi connectivity index (χ3v) is 13.7. The molecule has 0 saturated carbocycles. The molecule has 0 radical (unpaired) electrons. The molecule has 276 valence electrons. The second-order valence-electron chi connectivity index (χ2n) is 15.5. The molecule has 0 N–H and O–H groups in total. The number of nitrogens with zero attached hydrogens (tertiary/aromatic N) is 1. The molecule has 0 fully saturated rings. The number of thiophene rings is 1. The highest BCUT2D eigenvalue weighted by Crippen LogP contribution is 2.66. The van der Waals surface area contributed by atoms with E-state index in [1.165, 1.54) is 64.7 Å². The third kappa shape index (κ3) is 4.52. The van der Waals surface area contributed by atoms with Crippen molar-refractivity contribution in [1.82, 2.24) is 0 Å². The van der Waals surface area contributed by atoms with Crippen molar-refractivity contribution in [3.8, 4) is 56.4 Å². The van der Waals surface area contributed by atoms with Crippen LogP contribution in [0.25, 0.3) is 53.6 Å². The summed E-state index contributed by atoms with van der Waals surface area (Å²) in [5.74, 6) is 2.84. The highest BCUT2D eigenvalue weighted by atomic mass is 32.1. The molecule has 0 unspecified atom stereocenters. The van der Waals surface area contributed by atoms with Gasteiger partial charge in [-0.1, -0.05) is 140 Å². The first kappa shape index (κ1) is 32.7. The van der Waals surface area contributed by atoms with Gasteiger partial charge in [0.1, 0.15) is 0 Å². The standard InChI is InChI=1S/C55H33NO2S/c1-2-14-35(15-3-1)56(47-24-12-7-16-37(47)34-26-31-52-42(32-34)40-19-8-13-25-51(40)59-52)36-27-29-48-50(33-36)58-54-49(57-48)30-28-46-53(54)41-20-6-11-23-45(41)55(46)43-21-9-4-17-38(43)39-18-5-10-22-44(39)55/h1-33H. The molecular weight excluding hydrogens is 739 g/mol. The molecule has 1 spiro atoms. The zero-order valence-corrected chi connectivity index (χ0v) is 32.5. The predicted octanol–water partition coefficient (Wildman–Crippen LogP) is 15.4. The molecule has 1 aromatic heterocycles. The van der Waals surface area contributed by atoms with Crippen molar-refractivity contribution in [3.05, 3.63) is 222 Å². The van der Waals surface area contributed by atoms with Crippen LogP contribution in [0, 0.1) is 0 Å². The van der Waals surface area contributed by atoms with Crippen LogP contribution in [0.2, 0.25) is 0 Å². The summed E-state index contributed by atoms with van der Waals surface area (Å²) in [6, 6.07) is 72.1. The molecule has 2 aliphatic carbocycles. The van der Waals surface area contributed by atoms with E-state index in [-0.39, 0.29) is 0 Å². The van der Waals surface area contributed by atoms with E-state index in [0.717, 1.165) is 39.7 Å². The molecular formula is C55H33NO2S. The largest absolute Gasteiger partial charge is 0.449 e. The first-order valence-corrected chi connectivity index (χ1v) is 20.9. The Balaban J connectivity index is 0.970. The molecule has 0 atom stereocenters. The summed E-state index contributed by atoms with van der Waals surface area (Å²) in [5.41, 5.74) is 14.8. The number of ether oxygens (including phenoxy) is 2. The molecule has 13 rings (SSSR count). The van der Waals surface area contributed by atoms with Crippen LogP contribution in [0.4, 0.5) is 17.1 Å². The van der Waals surface area contributed by atoms with Gasteiger partial charge in [-0.25, -0.2) is 0 Å². The van der Waals surface area contributed by atoms with Crippen LogP contribution < -0.4 is 14.4 Å². The number of para-hydroxylation sites is 2. The Bertz CT molecular complexity index is 3320. The van der Waals surface area contributed by atoms with Crippen molar-refractivity contribution in [2.45, 2.75) is 5.41 Å². The van der Waals surface area contributed by atoms with Gasteiger partial charge in [0.25, 0.3) is 0 Å². The predicted molar refractivity (Wildman–Crippen MR) is 242 cm³/mol. The Morgan fingerprint density at radius 1 is 0.390 bits per heavy atom. The third-order valence-electron chi connectivity index (χ3n) is 12.5. The molecule has 10 aromatic rings. The van der Waals surface area contributed by atoms with Crippen LogP contribution in [0.1, 0.15) is 22.3 Å². The van der Waals surface area contributed by atoms with E-state index in [9.17, 15) is 0 Å². The Kier molecular flexibility index (Phi) is 6.81. The Hall–Kier alpha value is -7.40. The van der Waals surface area contributed by atoms with Gasteiger partial charge in [0.2, 0.25) is 0 Å². The smallest absolute Gasteiger partial charge is 0.178 e. The fourth-order valence-corrected chi connectivity index (χ4v) is 11.2. The molecule has 0 amide bonds. The Morgan fingerprint density at radius 2 is 1.02 bits per heavy atom. The quantitative estimate of drug-likeness (QED) is 0.178. The van der Waals surface area contributed by atoms with E-state index < -0.39 is 5.41 Å². The maximum absolute atomic E-state index is 7.16. The van der Waals surface area contributed by atoms with Crippen molar-refractivity contribution in [3.63, 3.8) is 0 Å². The van der Waals surface area contributed by atoms with Crippen molar-refractivity contribution in [2.75, 3.05) is 4.90 Å². The SMILES string of the molecule is c1ccc(N(c2ccc3c(c2)Oc2c(ccc4c2-c2ccccc2C42c4ccccc4-c4ccccc42)O3)c2ccccc2-c2ccc3sc4ccccc4c3c2)cc1. The number of rotatable bonds is 4. The minimum atomic E-state index is -0.466. The molecule has 4 heteroatoms.